The Bertz CT molecular complexity index is 426. The summed E-state index contributed by atoms with van der Waals surface area (Å²) >= 11 is 0. The number of nitrogen functional groups attached to an aromatic ring is 1. The molecule has 8 heteroatoms. The largest absolute Gasteiger partial charge is 0.433 e. The van der Waals surface area contributed by atoms with Gasteiger partial charge >= 0.3 is 6.18 Å². The summed E-state index contributed by atoms with van der Waals surface area (Å²) in [4.78, 5) is 3.19. The van der Waals surface area contributed by atoms with Crippen LogP contribution in [0, 0.1) is 0 Å². The number of nitrogens with two attached hydrogens (primary N) is 1. The molecule has 0 amide bonds. The molecule has 0 aliphatic carbocycles. The number of nitrogens with zero attached hydrogens (tertiary/aromatic N) is 1. The Balaban J connectivity index is 3.05. The normalized spacial score (nSPS) is 15.3. The average Bonchev–Trinajstić information content (AvgIpc) is 2.34. The lowest BCUT2D eigenvalue weighted by molar-refractivity contribution is -0.143. The van der Waals surface area contributed by atoms with Gasteiger partial charge in [0, 0.05) is 5.56 Å². The summed E-state index contributed by atoms with van der Waals surface area (Å²) in [6.45, 7) is 0.363. The molecule has 0 fully saturated rings. The zero-order valence-electron chi connectivity index (χ0n) is 10.3. The second-order valence-corrected chi connectivity index (χ2v) is 4.08. The van der Waals surface area contributed by atoms with Crippen molar-refractivity contribution in [3.8, 4) is 0 Å². The number of hydrogen-bond donors (Lipinski definition) is 4. The van der Waals surface area contributed by atoms with Crippen LogP contribution in [-0.4, -0.2) is 34.9 Å². The number of nitrogens with one attached hydrogen (secondary N) is 1. The third-order valence-electron chi connectivity index (χ3n) is 2.59. The van der Waals surface area contributed by atoms with Crippen molar-refractivity contribution in [2.24, 2.45) is 0 Å². The molecule has 0 saturated heterocycles. The number of pyridine rings is 1. The minimum Gasteiger partial charge on any atom is -0.390 e. The van der Waals surface area contributed by atoms with Gasteiger partial charge in [0.25, 0.3) is 0 Å². The van der Waals surface area contributed by atoms with Crippen LogP contribution >= 0.6 is 0 Å². The summed E-state index contributed by atoms with van der Waals surface area (Å²) in [5.74, 6) is -0.298. The molecule has 19 heavy (non-hydrogen) atoms. The van der Waals surface area contributed by atoms with Gasteiger partial charge in [-0.25, -0.2) is 4.98 Å². The topological polar surface area (TPSA) is 91.4 Å². The van der Waals surface area contributed by atoms with E-state index in [0.29, 0.717) is 6.54 Å². The molecule has 0 aliphatic heterocycles. The molecule has 0 aliphatic rings. The lowest BCUT2D eigenvalue weighted by atomic mass is 10.00. The van der Waals surface area contributed by atoms with Gasteiger partial charge in [-0.05, 0) is 26.1 Å². The van der Waals surface area contributed by atoms with Crippen LogP contribution in [0.1, 0.15) is 23.8 Å². The Kier molecular flexibility index (Phi) is 5.10. The van der Waals surface area contributed by atoms with Crippen LogP contribution in [0.2, 0.25) is 0 Å². The van der Waals surface area contributed by atoms with Gasteiger partial charge in [-0.15, -0.1) is 0 Å². The van der Waals surface area contributed by atoms with Gasteiger partial charge in [0.1, 0.15) is 11.9 Å². The van der Waals surface area contributed by atoms with E-state index in [1.54, 1.807) is 7.05 Å². The molecule has 0 radical (unpaired) electrons. The van der Waals surface area contributed by atoms with Crippen molar-refractivity contribution in [3.05, 3.63) is 23.4 Å². The maximum absolute atomic E-state index is 12.8. The molecule has 2 atom stereocenters. The first-order valence-electron chi connectivity index (χ1n) is 5.61. The van der Waals surface area contributed by atoms with Crippen molar-refractivity contribution in [1.82, 2.24) is 10.3 Å². The predicted octanol–water partition coefficient (Wildman–Crippen LogP) is 0.686. The first-order valence-corrected chi connectivity index (χ1v) is 5.61. The molecule has 0 saturated carbocycles. The van der Waals surface area contributed by atoms with Crippen LogP contribution in [0.3, 0.4) is 0 Å². The molecule has 0 aromatic carbocycles. The SMILES string of the molecule is CNCCC(O)C(O)c1ccc(N)nc1C(F)(F)F. The summed E-state index contributed by atoms with van der Waals surface area (Å²) in [6.07, 6.45) is -7.62. The van der Waals surface area contributed by atoms with Crippen LogP contribution in [0.25, 0.3) is 0 Å². The van der Waals surface area contributed by atoms with Gasteiger partial charge < -0.3 is 21.3 Å². The van der Waals surface area contributed by atoms with Gasteiger partial charge in [0.15, 0.2) is 5.69 Å². The standard InChI is InChI=1S/C11H16F3N3O2/c1-16-5-4-7(18)9(19)6-2-3-8(15)17-10(6)11(12,13)14/h2-3,7,9,16,18-19H,4-5H2,1H3,(H2,15,17). The number of alkyl halides is 3. The van der Waals surface area contributed by atoms with E-state index >= 15 is 0 Å². The highest BCUT2D eigenvalue weighted by molar-refractivity contribution is 5.37. The lowest BCUT2D eigenvalue weighted by Crippen LogP contribution is -2.26. The van der Waals surface area contributed by atoms with Crippen LogP contribution in [0.4, 0.5) is 19.0 Å². The lowest BCUT2D eigenvalue weighted by Gasteiger charge is -2.21. The molecule has 108 valence electrons. The van der Waals surface area contributed by atoms with Crippen LogP contribution in [0.15, 0.2) is 12.1 Å². The van der Waals surface area contributed by atoms with Crippen molar-refractivity contribution in [1.29, 1.82) is 0 Å². The van der Waals surface area contributed by atoms with E-state index in [9.17, 15) is 23.4 Å². The van der Waals surface area contributed by atoms with E-state index in [0.717, 1.165) is 12.1 Å². The first-order chi connectivity index (χ1) is 8.77. The number of aromatic nitrogens is 1. The van der Waals surface area contributed by atoms with Crippen LogP contribution in [-0.2, 0) is 6.18 Å². The molecule has 1 heterocycles. The average molecular weight is 279 g/mol. The zero-order valence-corrected chi connectivity index (χ0v) is 10.3. The van der Waals surface area contributed by atoms with Crippen molar-refractivity contribution in [2.75, 3.05) is 19.3 Å². The Labute approximate surface area is 108 Å². The highest BCUT2D eigenvalue weighted by Crippen LogP contribution is 2.35. The minimum absolute atomic E-state index is 0.110. The van der Waals surface area contributed by atoms with Crippen LogP contribution in [0.5, 0.6) is 0 Å². The fourth-order valence-electron chi connectivity index (χ4n) is 1.61. The van der Waals surface area contributed by atoms with Gasteiger partial charge in [-0.1, -0.05) is 6.07 Å². The van der Waals surface area contributed by atoms with Crippen LogP contribution < -0.4 is 11.1 Å². The number of halogens is 3. The van der Waals surface area contributed by atoms with E-state index in [1.807, 2.05) is 0 Å². The van der Waals surface area contributed by atoms with Gasteiger partial charge in [-0.3, -0.25) is 0 Å². The van der Waals surface area contributed by atoms with Crippen molar-refractivity contribution in [3.63, 3.8) is 0 Å². The summed E-state index contributed by atoms with van der Waals surface area (Å²) in [6, 6.07) is 2.18. The Morgan fingerprint density at radius 3 is 2.53 bits per heavy atom. The van der Waals surface area contributed by atoms with E-state index in [1.165, 1.54) is 0 Å². The molecule has 1 aromatic heterocycles. The summed E-state index contributed by atoms with van der Waals surface area (Å²) in [5, 5.41) is 22.2. The Hall–Kier alpha value is -1.38. The summed E-state index contributed by atoms with van der Waals surface area (Å²) < 4.78 is 38.3. The van der Waals surface area contributed by atoms with E-state index in [-0.39, 0.29) is 12.2 Å². The fourth-order valence-corrected chi connectivity index (χ4v) is 1.61. The number of hydrogen-bond acceptors (Lipinski definition) is 5. The molecule has 5 N–H and O–H groups in total. The highest BCUT2D eigenvalue weighted by atomic mass is 19.4. The third kappa shape index (κ3) is 4.05. The smallest absolute Gasteiger partial charge is 0.390 e. The first kappa shape index (κ1) is 15.7. The molecule has 2 unspecified atom stereocenters. The number of anilines is 1. The molecular formula is C11H16F3N3O2. The molecule has 1 aromatic rings. The Morgan fingerprint density at radius 1 is 1.37 bits per heavy atom. The maximum atomic E-state index is 12.8. The van der Waals surface area contributed by atoms with E-state index < -0.39 is 29.6 Å². The van der Waals surface area contributed by atoms with Crippen molar-refractivity contribution < 1.29 is 23.4 Å². The summed E-state index contributed by atoms with van der Waals surface area (Å²) in [5.41, 5.74) is 3.46. The molecule has 0 spiro atoms. The third-order valence-corrected chi connectivity index (χ3v) is 2.59. The van der Waals surface area contributed by atoms with Gasteiger partial charge in [0.2, 0.25) is 0 Å². The molecule has 1 rings (SSSR count). The van der Waals surface area contributed by atoms with E-state index in [4.69, 9.17) is 5.73 Å². The molecular weight excluding hydrogens is 263 g/mol. The van der Waals surface area contributed by atoms with Gasteiger partial charge in [0.05, 0.1) is 6.10 Å². The minimum atomic E-state index is -4.74. The number of aliphatic hydroxyl groups excluding tert-OH is 2. The zero-order chi connectivity index (χ0) is 14.6. The monoisotopic (exact) mass is 279 g/mol. The highest BCUT2D eigenvalue weighted by Gasteiger charge is 2.38. The molecule has 5 nitrogen and oxygen atoms in total. The van der Waals surface area contributed by atoms with Crippen molar-refractivity contribution in [2.45, 2.75) is 24.8 Å². The second-order valence-electron chi connectivity index (χ2n) is 4.08. The Morgan fingerprint density at radius 2 is 2.00 bits per heavy atom. The molecule has 0 bridgehead atoms. The number of aliphatic hydroxyl groups is 2. The van der Waals surface area contributed by atoms with Crippen molar-refractivity contribution >= 4 is 5.82 Å². The quantitative estimate of drug-likeness (QED) is 0.636. The predicted molar refractivity (Wildman–Crippen MR) is 63.2 cm³/mol. The summed E-state index contributed by atoms with van der Waals surface area (Å²) in [7, 11) is 1.63. The van der Waals surface area contributed by atoms with E-state index in [2.05, 4.69) is 10.3 Å². The number of rotatable bonds is 5. The van der Waals surface area contributed by atoms with Gasteiger partial charge in [-0.2, -0.15) is 13.2 Å². The fraction of sp³-hybridized carbons (Fsp3) is 0.545. The maximum Gasteiger partial charge on any atom is 0.433 e. The second kappa shape index (κ2) is 6.18.